The molecular weight excluding hydrogens is 395 g/mol. The molecule has 8 heteroatoms. The van der Waals surface area contributed by atoms with Crippen molar-refractivity contribution in [1.82, 2.24) is 29.5 Å². The van der Waals surface area contributed by atoms with Gasteiger partial charge in [-0.05, 0) is 44.0 Å². The summed E-state index contributed by atoms with van der Waals surface area (Å²) in [6.07, 6.45) is 6.74. The Bertz CT molecular complexity index is 1270. The molecule has 31 heavy (non-hydrogen) atoms. The number of amides is 1. The highest BCUT2D eigenvalue weighted by atomic mass is 19.1. The molecule has 0 spiro atoms. The van der Waals surface area contributed by atoms with Gasteiger partial charge in [0.1, 0.15) is 17.2 Å². The van der Waals surface area contributed by atoms with Gasteiger partial charge in [0.15, 0.2) is 5.65 Å². The van der Waals surface area contributed by atoms with Gasteiger partial charge >= 0.3 is 0 Å². The fourth-order valence-electron chi connectivity index (χ4n) is 4.09. The van der Waals surface area contributed by atoms with Crippen LogP contribution in [0, 0.1) is 12.7 Å². The number of hydrogen-bond donors (Lipinski definition) is 0. The molecule has 0 unspecified atom stereocenters. The van der Waals surface area contributed by atoms with Gasteiger partial charge in [0.2, 0.25) is 0 Å². The number of benzene rings is 1. The predicted molar refractivity (Wildman–Crippen MR) is 113 cm³/mol. The van der Waals surface area contributed by atoms with E-state index in [4.69, 9.17) is 4.98 Å². The Morgan fingerprint density at radius 2 is 2.10 bits per heavy atom. The van der Waals surface area contributed by atoms with E-state index in [1.54, 1.807) is 35.2 Å². The minimum atomic E-state index is -0.299. The second-order valence-corrected chi connectivity index (χ2v) is 7.80. The van der Waals surface area contributed by atoms with E-state index in [1.165, 1.54) is 12.1 Å². The highest BCUT2D eigenvalue weighted by Gasteiger charge is 2.29. The second-order valence-electron chi connectivity index (χ2n) is 7.80. The van der Waals surface area contributed by atoms with Crippen molar-refractivity contribution in [1.29, 1.82) is 0 Å². The van der Waals surface area contributed by atoms with E-state index in [0.717, 1.165) is 18.5 Å². The van der Waals surface area contributed by atoms with Crippen molar-refractivity contribution in [2.24, 2.45) is 0 Å². The molecule has 5 rings (SSSR count). The summed E-state index contributed by atoms with van der Waals surface area (Å²) >= 11 is 0. The first-order chi connectivity index (χ1) is 15.1. The van der Waals surface area contributed by atoms with E-state index < -0.39 is 0 Å². The molecule has 0 radical (unpaired) electrons. The molecule has 0 N–H and O–H groups in total. The number of halogens is 1. The van der Waals surface area contributed by atoms with Crippen molar-refractivity contribution in [2.45, 2.75) is 25.7 Å². The molecule has 4 heterocycles. The van der Waals surface area contributed by atoms with Crippen molar-refractivity contribution in [2.75, 3.05) is 13.1 Å². The van der Waals surface area contributed by atoms with Gasteiger partial charge in [-0.25, -0.2) is 23.9 Å². The van der Waals surface area contributed by atoms with E-state index in [2.05, 4.69) is 15.1 Å². The van der Waals surface area contributed by atoms with Gasteiger partial charge in [0, 0.05) is 42.7 Å². The summed E-state index contributed by atoms with van der Waals surface area (Å²) in [4.78, 5) is 28.7. The number of hydrogen-bond acceptors (Lipinski definition) is 5. The van der Waals surface area contributed by atoms with E-state index >= 15 is 0 Å². The number of carbonyl (C=O) groups excluding carboxylic acids is 1. The summed E-state index contributed by atoms with van der Waals surface area (Å²) in [5, 5.41) is 4.23. The van der Waals surface area contributed by atoms with Crippen LogP contribution >= 0.6 is 0 Å². The summed E-state index contributed by atoms with van der Waals surface area (Å²) in [6, 6.07) is 10.0. The third-order valence-electron chi connectivity index (χ3n) is 5.58. The number of rotatable bonds is 3. The first kappa shape index (κ1) is 19.3. The number of piperidine rings is 1. The quantitative estimate of drug-likeness (QED) is 0.510. The molecule has 1 amide bonds. The number of fused-ring (bicyclic) bond motifs is 1. The Balaban J connectivity index is 1.42. The average molecular weight is 416 g/mol. The molecule has 0 bridgehead atoms. The zero-order chi connectivity index (χ0) is 21.4. The molecule has 1 aromatic carbocycles. The summed E-state index contributed by atoms with van der Waals surface area (Å²) in [5.41, 5.74) is 3.27. The van der Waals surface area contributed by atoms with Crippen LogP contribution in [0.25, 0.3) is 16.9 Å². The van der Waals surface area contributed by atoms with Crippen molar-refractivity contribution in [3.63, 3.8) is 0 Å². The van der Waals surface area contributed by atoms with Crippen molar-refractivity contribution in [3.05, 3.63) is 77.9 Å². The lowest BCUT2D eigenvalue weighted by molar-refractivity contribution is 0.0706. The minimum Gasteiger partial charge on any atom is -0.338 e. The monoisotopic (exact) mass is 416 g/mol. The molecule has 156 valence electrons. The molecule has 1 saturated heterocycles. The van der Waals surface area contributed by atoms with Crippen LogP contribution in [0.3, 0.4) is 0 Å². The third kappa shape index (κ3) is 3.76. The summed E-state index contributed by atoms with van der Waals surface area (Å²) in [6.45, 7) is 3.10. The molecular formula is C23H21FN6O. The maximum absolute atomic E-state index is 13.7. The van der Waals surface area contributed by atoms with Crippen LogP contribution < -0.4 is 0 Å². The summed E-state index contributed by atoms with van der Waals surface area (Å²) in [7, 11) is 0. The number of carbonyl (C=O) groups is 1. The number of nitrogens with zero attached hydrogens (tertiary/aromatic N) is 6. The molecule has 0 aliphatic carbocycles. The summed E-state index contributed by atoms with van der Waals surface area (Å²) < 4.78 is 15.3. The van der Waals surface area contributed by atoms with E-state index in [-0.39, 0.29) is 17.6 Å². The molecule has 1 fully saturated rings. The Labute approximate surface area is 178 Å². The lowest BCUT2D eigenvalue weighted by Crippen LogP contribution is -2.39. The van der Waals surface area contributed by atoms with E-state index in [0.29, 0.717) is 41.4 Å². The fraction of sp³-hybridized carbons (Fsp3) is 0.261. The van der Waals surface area contributed by atoms with Crippen molar-refractivity contribution < 1.29 is 9.18 Å². The van der Waals surface area contributed by atoms with Crippen molar-refractivity contribution >= 4 is 11.6 Å². The average Bonchev–Trinajstić information content (AvgIpc) is 3.22. The maximum atomic E-state index is 13.7. The normalized spacial score (nSPS) is 16.6. The number of likely N-dealkylation sites (tertiary alicyclic amines) is 1. The Morgan fingerprint density at radius 3 is 2.97 bits per heavy atom. The topological polar surface area (TPSA) is 76.3 Å². The SMILES string of the molecule is Cc1cc(-c2cccc(F)c2)nc([C@H]2CCCN(C(=O)c3cnn4cccnc34)C2)n1. The lowest BCUT2D eigenvalue weighted by Gasteiger charge is -2.32. The number of aryl methyl sites for hydroxylation is 1. The smallest absolute Gasteiger partial charge is 0.259 e. The molecule has 1 aliphatic heterocycles. The fourth-order valence-corrected chi connectivity index (χ4v) is 4.09. The van der Waals surface area contributed by atoms with E-state index in [9.17, 15) is 9.18 Å². The van der Waals surface area contributed by atoms with Crippen LogP contribution in [-0.2, 0) is 0 Å². The van der Waals surface area contributed by atoms with Gasteiger partial charge in [0.25, 0.3) is 5.91 Å². The Morgan fingerprint density at radius 1 is 1.19 bits per heavy atom. The molecule has 3 aromatic heterocycles. The Kier molecular flexibility index (Phi) is 4.89. The third-order valence-corrected chi connectivity index (χ3v) is 5.58. The Hall–Kier alpha value is -3.68. The van der Waals surface area contributed by atoms with Gasteiger partial charge in [-0.2, -0.15) is 5.10 Å². The van der Waals surface area contributed by atoms with Crippen LogP contribution in [0.15, 0.2) is 55.0 Å². The van der Waals surface area contributed by atoms with Crippen LogP contribution in [-0.4, -0.2) is 48.5 Å². The van der Waals surface area contributed by atoms with Gasteiger partial charge in [-0.3, -0.25) is 4.79 Å². The van der Waals surface area contributed by atoms with Gasteiger partial charge in [-0.1, -0.05) is 12.1 Å². The first-order valence-electron chi connectivity index (χ1n) is 10.3. The molecule has 1 atom stereocenters. The zero-order valence-electron chi connectivity index (χ0n) is 17.1. The zero-order valence-corrected chi connectivity index (χ0v) is 17.1. The van der Waals surface area contributed by atoms with E-state index in [1.807, 2.05) is 24.0 Å². The molecule has 0 saturated carbocycles. The standard InChI is InChI=1S/C23H21FN6O/c1-15-11-20(16-5-2-7-18(24)12-16)28-21(27-15)17-6-3-9-29(14-17)23(31)19-13-26-30-10-4-8-25-22(19)30/h2,4-5,7-8,10-13,17H,3,6,9,14H2,1H3/t17-/m0/s1. The van der Waals surface area contributed by atoms with Crippen molar-refractivity contribution in [3.8, 4) is 11.3 Å². The number of aromatic nitrogens is 5. The largest absolute Gasteiger partial charge is 0.338 e. The highest BCUT2D eigenvalue weighted by molar-refractivity contribution is 5.99. The van der Waals surface area contributed by atoms with Crippen LogP contribution in [0.2, 0.25) is 0 Å². The molecule has 1 aliphatic rings. The summed E-state index contributed by atoms with van der Waals surface area (Å²) in [5.74, 6) is 0.317. The van der Waals surface area contributed by atoms with Crippen LogP contribution in [0.1, 0.15) is 40.6 Å². The molecule has 4 aromatic rings. The van der Waals surface area contributed by atoms with Gasteiger partial charge < -0.3 is 4.90 Å². The second kappa shape index (κ2) is 7.86. The maximum Gasteiger partial charge on any atom is 0.259 e. The van der Waals surface area contributed by atoms with Crippen LogP contribution in [0.4, 0.5) is 4.39 Å². The highest BCUT2D eigenvalue weighted by Crippen LogP contribution is 2.28. The lowest BCUT2D eigenvalue weighted by atomic mass is 9.96. The van der Waals surface area contributed by atoms with Gasteiger partial charge in [0.05, 0.1) is 11.9 Å². The molecule has 7 nitrogen and oxygen atoms in total. The first-order valence-corrected chi connectivity index (χ1v) is 10.3. The minimum absolute atomic E-state index is 0.0136. The van der Waals surface area contributed by atoms with Crippen LogP contribution in [0.5, 0.6) is 0 Å². The van der Waals surface area contributed by atoms with Gasteiger partial charge in [-0.15, -0.1) is 0 Å². The predicted octanol–water partition coefficient (Wildman–Crippen LogP) is 3.65.